The van der Waals surface area contributed by atoms with Crippen LogP contribution in [0, 0.1) is 5.92 Å². The summed E-state index contributed by atoms with van der Waals surface area (Å²) >= 11 is 0. The van der Waals surface area contributed by atoms with E-state index in [0.717, 1.165) is 23.1 Å². The molecular weight excluding hydrogens is 360 g/mol. The fraction of sp³-hybridized carbons (Fsp3) is 0.231. The number of rotatable bonds is 6. The van der Waals surface area contributed by atoms with Gasteiger partial charge in [-0.3, -0.25) is 9.59 Å². The van der Waals surface area contributed by atoms with Gasteiger partial charge in [0.25, 0.3) is 0 Å². The van der Waals surface area contributed by atoms with Crippen LogP contribution >= 0.6 is 0 Å². The van der Waals surface area contributed by atoms with Crippen molar-refractivity contribution in [3.8, 4) is 0 Å². The third-order valence-electron chi connectivity index (χ3n) is 5.67. The monoisotopic (exact) mass is 384 g/mol. The van der Waals surface area contributed by atoms with Gasteiger partial charge in [0, 0.05) is 0 Å². The van der Waals surface area contributed by atoms with E-state index in [9.17, 15) is 9.59 Å². The largest absolute Gasteiger partial charge is 0.453 e. The summed E-state index contributed by atoms with van der Waals surface area (Å²) in [7, 11) is 0. The van der Waals surface area contributed by atoms with Crippen molar-refractivity contribution in [2.24, 2.45) is 5.92 Å². The first-order valence-electron chi connectivity index (χ1n) is 10.1. The average Bonchev–Trinajstić information content (AvgIpc) is 2.77. The molecule has 1 aliphatic heterocycles. The van der Waals surface area contributed by atoms with E-state index in [4.69, 9.17) is 4.74 Å². The molecule has 4 rings (SSSR count). The average molecular weight is 384 g/mol. The van der Waals surface area contributed by atoms with Crippen LogP contribution in [0.1, 0.15) is 29.5 Å². The number of cyclic esters (lactones) is 1. The Hall–Kier alpha value is -3.20. The molecule has 3 aromatic carbocycles. The van der Waals surface area contributed by atoms with Gasteiger partial charge in [-0.1, -0.05) is 91.0 Å². The van der Waals surface area contributed by atoms with Gasteiger partial charge in [-0.15, -0.1) is 0 Å². The second-order valence-corrected chi connectivity index (χ2v) is 7.65. The van der Waals surface area contributed by atoms with E-state index in [-0.39, 0.29) is 12.2 Å². The number of Topliss-reactive ketones (excluding diaryl/α,β-unsaturated/α-hetero) is 1. The molecule has 1 fully saturated rings. The van der Waals surface area contributed by atoms with Gasteiger partial charge >= 0.3 is 5.97 Å². The van der Waals surface area contributed by atoms with Crippen molar-refractivity contribution in [1.29, 1.82) is 0 Å². The van der Waals surface area contributed by atoms with E-state index in [1.165, 1.54) is 0 Å². The molecule has 1 aliphatic rings. The van der Waals surface area contributed by atoms with Gasteiger partial charge in [-0.2, -0.15) is 0 Å². The number of carbonyl (C=O) groups is 2. The fourth-order valence-electron chi connectivity index (χ4n) is 4.06. The number of aryl methyl sites for hydroxylation is 1. The summed E-state index contributed by atoms with van der Waals surface area (Å²) < 4.78 is 6.08. The predicted octanol–water partition coefficient (Wildman–Crippen LogP) is 4.89. The predicted molar refractivity (Wildman–Crippen MR) is 112 cm³/mol. The van der Waals surface area contributed by atoms with E-state index in [2.05, 4.69) is 12.1 Å². The molecule has 0 spiro atoms. The summed E-state index contributed by atoms with van der Waals surface area (Å²) in [5.74, 6) is -1.19. The van der Waals surface area contributed by atoms with E-state index < -0.39 is 17.5 Å². The highest BCUT2D eigenvalue weighted by atomic mass is 16.6. The molecule has 3 nitrogen and oxygen atoms in total. The minimum Gasteiger partial charge on any atom is -0.453 e. The molecule has 0 aliphatic carbocycles. The molecule has 1 saturated heterocycles. The van der Waals surface area contributed by atoms with Gasteiger partial charge in [0.05, 0.1) is 6.42 Å². The van der Waals surface area contributed by atoms with Gasteiger partial charge in [-0.25, -0.2) is 0 Å². The molecule has 0 bridgehead atoms. The fourth-order valence-corrected chi connectivity index (χ4v) is 4.06. The second kappa shape index (κ2) is 8.44. The van der Waals surface area contributed by atoms with Crippen molar-refractivity contribution in [1.82, 2.24) is 0 Å². The number of benzene rings is 3. The van der Waals surface area contributed by atoms with E-state index in [0.29, 0.717) is 12.8 Å². The number of carbonyl (C=O) groups excluding carboxylic acids is 2. The standard InChI is InChI=1S/C26H24O3/c27-24-19-26(22-14-8-3-9-15-22,17-16-20-10-4-1-5-11-20)29-25(28)23(24)18-21-12-6-2-7-13-21/h1-15,23H,16-19H2. The van der Waals surface area contributed by atoms with E-state index >= 15 is 0 Å². The third kappa shape index (κ3) is 4.29. The molecule has 146 valence electrons. The lowest BCUT2D eigenvalue weighted by Gasteiger charge is -2.39. The molecule has 0 radical (unpaired) electrons. The first-order chi connectivity index (χ1) is 14.2. The zero-order valence-electron chi connectivity index (χ0n) is 16.3. The second-order valence-electron chi connectivity index (χ2n) is 7.65. The summed E-state index contributed by atoms with van der Waals surface area (Å²) in [6.45, 7) is 0. The Morgan fingerprint density at radius 1 is 0.759 bits per heavy atom. The minimum absolute atomic E-state index is 0.0398. The van der Waals surface area contributed by atoms with Crippen LogP contribution in [-0.4, -0.2) is 11.8 Å². The van der Waals surface area contributed by atoms with Crippen molar-refractivity contribution in [3.05, 3.63) is 108 Å². The van der Waals surface area contributed by atoms with Crippen LogP contribution in [0.3, 0.4) is 0 Å². The van der Waals surface area contributed by atoms with Crippen LogP contribution in [0.25, 0.3) is 0 Å². The molecule has 1 heterocycles. The number of esters is 1. The number of hydrogen-bond donors (Lipinski definition) is 0. The topological polar surface area (TPSA) is 43.4 Å². The van der Waals surface area contributed by atoms with Gasteiger partial charge in [-0.05, 0) is 36.0 Å². The Labute approximate surface area is 171 Å². The summed E-state index contributed by atoms with van der Waals surface area (Å²) in [5.41, 5.74) is 2.12. The number of ether oxygens (including phenoxy) is 1. The minimum atomic E-state index is -0.904. The first kappa shape index (κ1) is 19.1. The quantitative estimate of drug-likeness (QED) is 0.449. The van der Waals surface area contributed by atoms with Crippen LogP contribution in [0.4, 0.5) is 0 Å². The molecular formula is C26H24O3. The molecule has 29 heavy (non-hydrogen) atoms. The zero-order chi connectivity index (χ0) is 20.1. The molecule has 0 saturated carbocycles. The number of hydrogen-bond acceptors (Lipinski definition) is 3. The SMILES string of the molecule is O=C1CC(CCc2ccccc2)(c2ccccc2)OC(=O)C1Cc1ccccc1. The lowest BCUT2D eigenvalue weighted by molar-refractivity contribution is -0.180. The smallest absolute Gasteiger partial charge is 0.317 e. The highest BCUT2D eigenvalue weighted by Gasteiger charge is 2.47. The summed E-state index contributed by atoms with van der Waals surface area (Å²) in [5, 5.41) is 0. The maximum Gasteiger partial charge on any atom is 0.317 e. The van der Waals surface area contributed by atoms with Crippen molar-refractivity contribution < 1.29 is 14.3 Å². The molecule has 0 aromatic heterocycles. The Morgan fingerprint density at radius 3 is 1.90 bits per heavy atom. The van der Waals surface area contributed by atoms with Crippen molar-refractivity contribution >= 4 is 11.8 Å². The van der Waals surface area contributed by atoms with Crippen molar-refractivity contribution in [3.63, 3.8) is 0 Å². The van der Waals surface area contributed by atoms with Crippen LogP contribution in [0.2, 0.25) is 0 Å². The van der Waals surface area contributed by atoms with Crippen LogP contribution in [0.15, 0.2) is 91.0 Å². The Kier molecular flexibility index (Phi) is 5.57. The van der Waals surface area contributed by atoms with Crippen molar-refractivity contribution in [2.75, 3.05) is 0 Å². The van der Waals surface area contributed by atoms with Gasteiger partial charge in [0.1, 0.15) is 11.5 Å². The highest BCUT2D eigenvalue weighted by molar-refractivity contribution is 6.02. The summed E-state index contributed by atoms with van der Waals surface area (Å²) in [4.78, 5) is 26.1. The molecule has 2 unspecified atom stereocenters. The van der Waals surface area contributed by atoms with Crippen LogP contribution in [0.5, 0.6) is 0 Å². The number of ketones is 1. The Balaban J connectivity index is 1.59. The van der Waals surface area contributed by atoms with Gasteiger partial charge < -0.3 is 4.74 Å². The lowest BCUT2D eigenvalue weighted by atomic mass is 9.77. The lowest BCUT2D eigenvalue weighted by Crippen LogP contribution is -2.46. The maximum absolute atomic E-state index is 13.1. The first-order valence-corrected chi connectivity index (χ1v) is 10.1. The van der Waals surface area contributed by atoms with Gasteiger partial charge in [0.15, 0.2) is 5.78 Å². The molecule has 0 N–H and O–H groups in total. The van der Waals surface area contributed by atoms with Crippen molar-refractivity contribution in [2.45, 2.75) is 31.3 Å². The summed E-state index contributed by atoms with van der Waals surface area (Å²) in [6, 6.07) is 29.4. The molecule has 3 aromatic rings. The molecule has 3 heteroatoms. The third-order valence-corrected chi connectivity index (χ3v) is 5.67. The Morgan fingerprint density at radius 2 is 1.31 bits per heavy atom. The molecule has 0 amide bonds. The van der Waals surface area contributed by atoms with E-state index in [1.807, 2.05) is 78.9 Å². The zero-order valence-corrected chi connectivity index (χ0v) is 16.3. The Bertz CT molecular complexity index is 947. The molecule has 2 atom stereocenters. The normalized spacial score (nSPS) is 21.6. The van der Waals surface area contributed by atoms with Crippen LogP contribution in [-0.2, 0) is 32.8 Å². The highest BCUT2D eigenvalue weighted by Crippen LogP contribution is 2.40. The maximum atomic E-state index is 13.1. The van der Waals surface area contributed by atoms with E-state index in [1.54, 1.807) is 0 Å². The summed E-state index contributed by atoms with van der Waals surface area (Å²) in [6.07, 6.45) is 1.92. The van der Waals surface area contributed by atoms with Gasteiger partial charge in [0.2, 0.25) is 0 Å². The van der Waals surface area contributed by atoms with Crippen LogP contribution < -0.4 is 0 Å².